The summed E-state index contributed by atoms with van der Waals surface area (Å²) in [5.74, 6) is 0.0463. The van der Waals surface area contributed by atoms with Gasteiger partial charge in [-0.25, -0.2) is 0 Å². The lowest BCUT2D eigenvalue weighted by atomic mass is 9.99. The van der Waals surface area contributed by atoms with Crippen LogP contribution in [0.4, 0.5) is 0 Å². The average molecular weight is 242 g/mol. The molecule has 0 saturated heterocycles. The number of rotatable bonds is 6. The summed E-state index contributed by atoms with van der Waals surface area (Å²) in [5, 5.41) is 15.6. The van der Waals surface area contributed by atoms with Gasteiger partial charge in [0.2, 0.25) is 5.91 Å². The van der Waals surface area contributed by atoms with Crippen LogP contribution in [0.25, 0.3) is 0 Å². The zero-order valence-corrected chi connectivity index (χ0v) is 11.3. The predicted octanol–water partition coefficient (Wildman–Crippen LogP) is 1.18. The maximum absolute atomic E-state index is 12.0. The van der Waals surface area contributed by atoms with Gasteiger partial charge in [0.1, 0.15) is 0 Å². The van der Waals surface area contributed by atoms with E-state index in [-0.39, 0.29) is 24.1 Å². The van der Waals surface area contributed by atoms with Crippen molar-refractivity contribution >= 4 is 5.91 Å². The number of nitrogens with one attached hydrogen (secondary N) is 2. The number of carbonyl (C=O) groups is 1. The monoisotopic (exact) mass is 242 g/mol. The Balaban J connectivity index is 2.40. The highest BCUT2D eigenvalue weighted by Crippen LogP contribution is 2.17. The number of amides is 1. The molecule has 17 heavy (non-hydrogen) atoms. The minimum atomic E-state index is -0.369. The Labute approximate surface area is 104 Å². The molecule has 0 radical (unpaired) electrons. The second-order valence-corrected chi connectivity index (χ2v) is 5.43. The molecule has 1 aliphatic rings. The summed E-state index contributed by atoms with van der Waals surface area (Å²) in [6, 6.07) is 0.0986. The molecule has 100 valence electrons. The molecule has 1 aliphatic carbocycles. The van der Waals surface area contributed by atoms with Gasteiger partial charge in [0, 0.05) is 11.6 Å². The molecular formula is C13H26N2O2. The summed E-state index contributed by atoms with van der Waals surface area (Å²) in [6.07, 6.45) is 5.43. The van der Waals surface area contributed by atoms with Gasteiger partial charge in [-0.3, -0.25) is 10.1 Å². The predicted molar refractivity (Wildman–Crippen MR) is 68.8 cm³/mol. The zero-order chi connectivity index (χ0) is 12.9. The van der Waals surface area contributed by atoms with Gasteiger partial charge in [-0.2, -0.15) is 0 Å². The highest BCUT2D eigenvalue weighted by atomic mass is 16.3. The third kappa shape index (κ3) is 4.28. The van der Waals surface area contributed by atoms with Crippen molar-refractivity contribution in [3.05, 3.63) is 0 Å². The topological polar surface area (TPSA) is 61.4 Å². The van der Waals surface area contributed by atoms with Crippen LogP contribution in [0.1, 0.15) is 52.9 Å². The second kappa shape index (κ2) is 6.36. The zero-order valence-electron chi connectivity index (χ0n) is 11.3. The first-order valence-electron chi connectivity index (χ1n) is 6.69. The van der Waals surface area contributed by atoms with Crippen LogP contribution in [0.15, 0.2) is 0 Å². The Kier molecular flexibility index (Phi) is 5.40. The van der Waals surface area contributed by atoms with Crippen molar-refractivity contribution in [1.29, 1.82) is 0 Å². The summed E-state index contributed by atoms with van der Waals surface area (Å²) in [7, 11) is 0. The molecule has 0 aliphatic heterocycles. The molecule has 2 unspecified atom stereocenters. The minimum Gasteiger partial charge on any atom is -0.394 e. The van der Waals surface area contributed by atoms with Gasteiger partial charge in [-0.1, -0.05) is 19.8 Å². The van der Waals surface area contributed by atoms with Crippen LogP contribution >= 0.6 is 0 Å². The van der Waals surface area contributed by atoms with Crippen LogP contribution in [-0.4, -0.2) is 35.2 Å². The number of aliphatic hydroxyl groups is 1. The van der Waals surface area contributed by atoms with Crippen molar-refractivity contribution in [3.63, 3.8) is 0 Å². The molecule has 1 fully saturated rings. The maximum atomic E-state index is 12.0. The van der Waals surface area contributed by atoms with Gasteiger partial charge in [0.25, 0.3) is 0 Å². The van der Waals surface area contributed by atoms with Crippen molar-refractivity contribution in [2.45, 2.75) is 70.5 Å². The largest absolute Gasteiger partial charge is 0.394 e. The smallest absolute Gasteiger partial charge is 0.237 e. The van der Waals surface area contributed by atoms with E-state index in [0.29, 0.717) is 6.04 Å². The van der Waals surface area contributed by atoms with E-state index in [1.807, 2.05) is 20.8 Å². The molecule has 0 aromatic heterocycles. The highest BCUT2D eigenvalue weighted by molar-refractivity contribution is 5.81. The van der Waals surface area contributed by atoms with E-state index in [4.69, 9.17) is 0 Å². The van der Waals surface area contributed by atoms with E-state index < -0.39 is 0 Å². The van der Waals surface area contributed by atoms with Crippen molar-refractivity contribution in [3.8, 4) is 0 Å². The summed E-state index contributed by atoms with van der Waals surface area (Å²) in [4.78, 5) is 12.0. The average Bonchev–Trinajstić information content (AvgIpc) is 2.81. The minimum absolute atomic E-state index is 0.0462. The fraction of sp³-hybridized carbons (Fsp3) is 0.923. The van der Waals surface area contributed by atoms with Gasteiger partial charge in [0.05, 0.1) is 12.6 Å². The molecule has 1 rings (SSSR count). The van der Waals surface area contributed by atoms with Crippen LogP contribution in [0.2, 0.25) is 0 Å². The number of hydrogen-bond donors (Lipinski definition) is 3. The molecule has 4 heteroatoms. The molecule has 4 nitrogen and oxygen atoms in total. The molecule has 0 spiro atoms. The van der Waals surface area contributed by atoms with Gasteiger partial charge in [0.15, 0.2) is 0 Å². The molecule has 0 bridgehead atoms. The summed E-state index contributed by atoms with van der Waals surface area (Å²) < 4.78 is 0. The molecular weight excluding hydrogens is 216 g/mol. The standard InChI is InChI=1S/C13H26N2O2/c1-4-13(3,9-16)15-10(2)12(17)14-11-7-5-6-8-11/h10-11,15-16H,4-9H2,1-3H3,(H,14,17). The van der Waals surface area contributed by atoms with Crippen molar-refractivity contribution < 1.29 is 9.90 Å². The van der Waals surface area contributed by atoms with Crippen LogP contribution in [0, 0.1) is 0 Å². The normalized spacial score (nSPS) is 22.1. The van der Waals surface area contributed by atoms with E-state index in [0.717, 1.165) is 19.3 Å². The van der Waals surface area contributed by atoms with Crippen LogP contribution in [0.5, 0.6) is 0 Å². The Morgan fingerprint density at radius 2 is 2.06 bits per heavy atom. The first-order chi connectivity index (χ1) is 8.00. The molecule has 1 saturated carbocycles. The van der Waals surface area contributed by atoms with Crippen molar-refractivity contribution in [2.24, 2.45) is 0 Å². The molecule has 3 N–H and O–H groups in total. The second-order valence-electron chi connectivity index (χ2n) is 5.43. The molecule has 1 amide bonds. The van der Waals surface area contributed by atoms with Crippen molar-refractivity contribution in [2.75, 3.05) is 6.61 Å². The first-order valence-corrected chi connectivity index (χ1v) is 6.69. The lowest BCUT2D eigenvalue weighted by molar-refractivity contribution is -0.124. The molecule has 2 atom stereocenters. The number of carbonyl (C=O) groups excluding carboxylic acids is 1. The lowest BCUT2D eigenvalue weighted by Crippen LogP contribution is -2.55. The van der Waals surface area contributed by atoms with Gasteiger partial charge in [-0.15, -0.1) is 0 Å². The Bertz CT molecular complexity index is 246. The van der Waals surface area contributed by atoms with Crippen LogP contribution in [-0.2, 0) is 4.79 Å². The van der Waals surface area contributed by atoms with Gasteiger partial charge in [-0.05, 0) is 33.1 Å². The SMILES string of the molecule is CCC(C)(CO)NC(C)C(=O)NC1CCCC1. The van der Waals surface area contributed by atoms with E-state index >= 15 is 0 Å². The first kappa shape index (κ1) is 14.5. The quantitative estimate of drug-likeness (QED) is 0.655. The molecule has 0 aromatic rings. The summed E-state index contributed by atoms with van der Waals surface area (Å²) >= 11 is 0. The van der Waals surface area contributed by atoms with E-state index in [1.54, 1.807) is 0 Å². The lowest BCUT2D eigenvalue weighted by Gasteiger charge is -2.31. The summed E-state index contributed by atoms with van der Waals surface area (Å²) in [5.41, 5.74) is -0.369. The molecule has 0 heterocycles. The van der Waals surface area contributed by atoms with Gasteiger partial charge >= 0.3 is 0 Å². The number of hydrogen-bond acceptors (Lipinski definition) is 3. The fourth-order valence-electron chi connectivity index (χ4n) is 2.24. The van der Waals surface area contributed by atoms with Gasteiger partial charge < -0.3 is 10.4 Å². The Morgan fingerprint density at radius 1 is 1.47 bits per heavy atom. The van der Waals surface area contributed by atoms with E-state index in [2.05, 4.69) is 10.6 Å². The van der Waals surface area contributed by atoms with Crippen molar-refractivity contribution in [1.82, 2.24) is 10.6 Å². The van der Waals surface area contributed by atoms with Crippen LogP contribution < -0.4 is 10.6 Å². The third-order valence-corrected chi connectivity index (χ3v) is 3.79. The van der Waals surface area contributed by atoms with Crippen LogP contribution in [0.3, 0.4) is 0 Å². The fourth-order valence-corrected chi connectivity index (χ4v) is 2.24. The Hall–Kier alpha value is -0.610. The number of aliphatic hydroxyl groups excluding tert-OH is 1. The van der Waals surface area contributed by atoms with E-state index in [1.165, 1.54) is 12.8 Å². The maximum Gasteiger partial charge on any atom is 0.237 e. The summed E-state index contributed by atoms with van der Waals surface area (Å²) in [6.45, 7) is 5.84. The third-order valence-electron chi connectivity index (χ3n) is 3.79. The highest BCUT2D eigenvalue weighted by Gasteiger charge is 2.27. The van der Waals surface area contributed by atoms with E-state index in [9.17, 15) is 9.90 Å². The molecule has 0 aromatic carbocycles. The Morgan fingerprint density at radius 3 is 2.53 bits per heavy atom.